The van der Waals surface area contributed by atoms with Gasteiger partial charge in [0.2, 0.25) is 0 Å². The lowest BCUT2D eigenvalue weighted by Gasteiger charge is -2.24. The molecule has 0 N–H and O–H groups in total. The second-order valence-corrected chi connectivity index (χ2v) is 11.0. The van der Waals surface area contributed by atoms with Crippen molar-refractivity contribution >= 4 is 38.5 Å². The molecule has 0 aliphatic rings. The van der Waals surface area contributed by atoms with Crippen molar-refractivity contribution in [3.05, 3.63) is 106 Å². The molecule has 0 bridgehead atoms. The highest BCUT2D eigenvalue weighted by molar-refractivity contribution is 7.18. The number of para-hydroxylation sites is 1. The summed E-state index contributed by atoms with van der Waals surface area (Å²) in [5.41, 5.74) is 4.23. The summed E-state index contributed by atoms with van der Waals surface area (Å²) in [6, 6.07) is 23.4. The third-order valence-corrected chi connectivity index (χ3v) is 7.61. The average molecular weight is 511 g/mol. The Hall–Kier alpha value is -3.74. The predicted octanol–water partition coefficient (Wildman–Crippen LogP) is 6.77. The SMILES string of the molecule is COCCN(C(=O)c1cc(-c2ccc(C(C)(C)C)cc2)c(=O)n2ccc3ccsc3c12)c1ccccc1. The molecule has 37 heavy (non-hydrogen) atoms. The fraction of sp³-hybridized carbons (Fsp3) is 0.226. The monoisotopic (exact) mass is 510 g/mol. The van der Waals surface area contributed by atoms with Crippen molar-refractivity contribution < 1.29 is 9.53 Å². The number of nitrogens with zero attached hydrogens (tertiary/aromatic N) is 2. The van der Waals surface area contributed by atoms with Crippen molar-refractivity contribution in [3.63, 3.8) is 0 Å². The van der Waals surface area contributed by atoms with Crippen LogP contribution in [0.1, 0.15) is 36.7 Å². The van der Waals surface area contributed by atoms with E-state index >= 15 is 0 Å². The van der Waals surface area contributed by atoms with Gasteiger partial charge in [-0.3, -0.25) is 14.0 Å². The van der Waals surface area contributed by atoms with Crippen LogP contribution in [0.25, 0.3) is 26.7 Å². The zero-order chi connectivity index (χ0) is 26.2. The van der Waals surface area contributed by atoms with Crippen LogP contribution in [-0.2, 0) is 10.2 Å². The largest absolute Gasteiger partial charge is 0.383 e. The summed E-state index contributed by atoms with van der Waals surface area (Å²) < 4.78 is 7.87. The van der Waals surface area contributed by atoms with Gasteiger partial charge in [-0.25, -0.2) is 0 Å². The van der Waals surface area contributed by atoms with Crippen molar-refractivity contribution in [1.29, 1.82) is 0 Å². The number of pyridine rings is 2. The number of hydrogen-bond donors (Lipinski definition) is 0. The summed E-state index contributed by atoms with van der Waals surface area (Å²) in [5, 5.41) is 2.99. The van der Waals surface area contributed by atoms with Gasteiger partial charge < -0.3 is 9.64 Å². The van der Waals surface area contributed by atoms with Gasteiger partial charge in [0.15, 0.2) is 0 Å². The third-order valence-electron chi connectivity index (χ3n) is 6.67. The number of aromatic nitrogens is 1. The summed E-state index contributed by atoms with van der Waals surface area (Å²) in [6.45, 7) is 7.26. The molecule has 5 aromatic rings. The normalized spacial score (nSPS) is 11.8. The van der Waals surface area contributed by atoms with E-state index in [9.17, 15) is 9.59 Å². The Balaban J connectivity index is 1.75. The molecule has 188 valence electrons. The van der Waals surface area contributed by atoms with E-state index in [0.717, 1.165) is 21.3 Å². The number of fused-ring (bicyclic) bond motifs is 3. The lowest BCUT2D eigenvalue weighted by Crippen LogP contribution is -2.35. The second kappa shape index (κ2) is 9.96. The van der Waals surface area contributed by atoms with Crippen LogP contribution in [0.3, 0.4) is 0 Å². The maximum absolute atomic E-state index is 14.3. The molecule has 6 heteroatoms. The number of hydrogen-bond acceptors (Lipinski definition) is 4. The number of benzene rings is 2. The molecular weight excluding hydrogens is 480 g/mol. The predicted molar refractivity (Wildman–Crippen MR) is 153 cm³/mol. The van der Waals surface area contributed by atoms with Crippen LogP contribution in [0.4, 0.5) is 5.69 Å². The van der Waals surface area contributed by atoms with Crippen LogP contribution in [0.15, 0.2) is 89.2 Å². The molecule has 0 fully saturated rings. The first-order valence-electron chi connectivity index (χ1n) is 12.3. The molecular formula is C31H30N2O3S. The third kappa shape index (κ3) is 4.70. The molecule has 0 atom stereocenters. The number of carbonyl (C=O) groups excluding carboxylic acids is 1. The fourth-order valence-electron chi connectivity index (χ4n) is 4.61. The van der Waals surface area contributed by atoms with Crippen molar-refractivity contribution in [1.82, 2.24) is 4.40 Å². The Morgan fingerprint density at radius 2 is 1.73 bits per heavy atom. The quantitative estimate of drug-likeness (QED) is 0.253. The molecule has 0 saturated heterocycles. The fourth-order valence-corrected chi connectivity index (χ4v) is 5.55. The zero-order valence-corrected chi connectivity index (χ0v) is 22.3. The smallest absolute Gasteiger partial charge is 0.263 e. The average Bonchev–Trinajstić information content (AvgIpc) is 3.38. The summed E-state index contributed by atoms with van der Waals surface area (Å²) in [4.78, 5) is 29.8. The van der Waals surface area contributed by atoms with E-state index < -0.39 is 0 Å². The minimum atomic E-state index is -0.172. The topological polar surface area (TPSA) is 51.0 Å². The van der Waals surface area contributed by atoms with Gasteiger partial charge in [0.25, 0.3) is 11.5 Å². The molecule has 0 unspecified atom stereocenters. The van der Waals surface area contributed by atoms with Crippen LogP contribution < -0.4 is 10.5 Å². The summed E-state index contributed by atoms with van der Waals surface area (Å²) >= 11 is 1.53. The number of anilines is 1. The highest BCUT2D eigenvalue weighted by Crippen LogP contribution is 2.32. The molecule has 2 aromatic carbocycles. The van der Waals surface area contributed by atoms with Crippen LogP contribution in [0.2, 0.25) is 0 Å². The van der Waals surface area contributed by atoms with Crippen molar-refractivity contribution in [2.24, 2.45) is 0 Å². The first-order valence-corrected chi connectivity index (χ1v) is 13.2. The summed E-state index contributed by atoms with van der Waals surface area (Å²) in [5.74, 6) is -0.172. The lowest BCUT2D eigenvalue weighted by molar-refractivity contribution is 0.0977. The molecule has 5 nitrogen and oxygen atoms in total. The Morgan fingerprint density at radius 1 is 1.00 bits per heavy atom. The van der Waals surface area contributed by atoms with E-state index in [-0.39, 0.29) is 16.9 Å². The van der Waals surface area contributed by atoms with Crippen molar-refractivity contribution in [3.8, 4) is 11.1 Å². The number of rotatable bonds is 6. The first-order chi connectivity index (χ1) is 17.8. The van der Waals surface area contributed by atoms with Crippen LogP contribution in [-0.4, -0.2) is 30.6 Å². The van der Waals surface area contributed by atoms with E-state index in [1.54, 1.807) is 28.7 Å². The highest BCUT2D eigenvalue weighted by Gasteiger charge is 2.24. The van der Waals surface area contributed by atoms with Gasteiger partial charge >= 0.3 is 0 Å². The molecule has 0 aliphatic carbocycles. The van der Waals surface area contributed by atoms with E-state index in [1.807, 2.05) is 60.0 Å². The van der Waals surface area contributed by atoms with Gasteiger partial charge in [-0.1, -0.05) is 63.2 Å². The minimum absolute atomic E-state index is 0.000394. The van der Waals surface area contributed by atoms with E-state index in [1.165, 1.54) is 16.9 Å². The Morgan fingerprint density at radius 3 is 2.41 bits per heavy atom. The minimum Gasteiger partial charge on any atom is -0.383 e. The van der Waals surface area contributed by atoms with Crippen molar-refractivity contribution in [2.75, 3.05) is 25.2 Å². The molecule has 0 spiro atoms. The van der Waals surface area contributed by atoms with Crippen molar-refractivity contribution in [2.45, 2.75) is 26.2 Å². The van der Waals surface area contributed by atoms with Gasteiger partial charge in [0.1, 0.15) is 0 Å². The van der Waals surface area contributed by atoms with E-state index in [2.05, 4.69) is 32.9 Å². The summed E-state index contributed by atoms with van der Waals surface area (Å²) in [6.07, 6.45) is 1.78. The van der Waals surface area contributed by atoms with Gasteiger partial charge in [-0.15, -0.1) is 11.3 Å². The molecule has 5 rings (SSSR count). The zero-order valence-electron chi connectivity index (χ0n) is 21.5. The number of ether oxygens (including phenoxy) is 1. The van der Waals surface area contributed by atoms with Crippen LogP contribution >= 0.6 is 11.3 Å². The van der Waals surface area contributed by atoms with E-state index in [4.69, 9.17) is 4.74 Å². The van der Waals surface area contributed by atoms with E-state index in [0.29, 0.717) is 29.8 Å². The molecule has 0 radical (unpaired) electrons. The van der Waals surface area contributed by atoms with Gasteiger partial charge in [0, 0.05) is 31.1 Å². The number of carbonyl (C=O) groups is 1. The standard InChI is InChI=1S/C31H30N2O3S/c1-31(2,3)23-12-10-21(11-13-23)25-20-26(27-28-22(15-19-37-28)14-16-33(27)29(25)34)30(35)32(17-18-36-4)24-8-6-5-7-9-24/h5-16,19-20H,17-18H2,1-4H3. The molecule has 1 amide bonds. The van der Waals surface area contributed by atoms with Gasteiger partial charge in [0.05, 0.1) is 22.4 Å². The second-order valence-electron chi connectivity index (χ2n) is 10.1. The molecule has 3 heterocycles. The maximum Gasteiger partial charge on any atom is 0.263 e. The molecule has 3 aromatic heterocycles. The number of amides is 1. The Labute approximate surface area is 220 Å². The molecule has 0 aliphatic heterocycles. The number of methoxy groups -OCH3 is 1. The first kappa shape index (κ1) is 24.9. The van der Waals surface area contributed by atoms with Crippen LogP contribution in [0.5, 0.6) is 0 Å². The number of thiophene rings is 1. The lowest BCUT2D eigenvalue weighted by atomic mass is 9.86. The Bertz CT molecular complexity index is 1630. The Kier molecular flexibility index (Phi) is 6.71. The maximum atomic E-state index is 14.3. The van der Waals surface area contributed by atoms with Gasteiger partial charge in [-0.05, 0) is 57.6 Å². The molecule has 0 saturated carbocycles. The van der Waals surface area contributed by atoms with Gasteiger partial charge in [-0.2, -0.15) is 0 Å². The summed E-state index contributed by atoms with van der Waals surface area (Å²) in [7, 11) is 1.62. The van der Waals surface area contributed by atoms with Crippen LogP contribution in [0, 0.1) is 0 Å². The highest BCUT2D eigenvalue weighted by atomic mass is 32.1.